The summed E-state index contributed by atoms with van der Waals surface area (Å²) >= 11 is 0. The van der Waals surface area contributed by atoms with Gasteiger partial charge in [-0.15, -0.1) is 0 Å². The molecule has 0 saturated carbocycles. The van der Waals surface area contributed by atoms with Gasteiger partial charge in [0, 0.05) is 24.1 Å². The number of hydrogen-bond acceptors (Lipinski definition) is 10. The van der Waals surface area contributed by atoms with Gasteiger partial charge < -0.3 is 19.5 Å². The van der Waals surface area contributed by atoms with Crippen molar-refractivity contribution in [3.63, 3.8) is 0 Å². The average Bonchev–Trinajstić information content (AvgIpc) is 3.63. The lowest BCUT2D eigenvalue weighted by molar-refractivity contribution is -0.0366. The van der Waals surface area contributed by atoms with Crippen molar-refractivity contribution in [3.8, 4) is 11.3 Å². The molecule has 238 valence electrons. The topological polar surface area (TPSA) is 137 Å². The summed E-state index contributed by atoms with van der Waals surface area (Å²) in [5, 5.41) is 20.8. The molecule has 2 aliphatic heterocycles. The van der Waals surface area contributed by atoms with E-state index >= 15 is 4.39 Å². The zero-order valence-electron chi connectivity index (χ0n) is 25.7. The van der Waals surface area contributed by atoms with Gasteiger partial charge in [0.1, 0.15) is 22.6 Å². The Labute approximate surface area is 259 Å². The molecule has 0 spiro atoms. The minimum absolute atomic E-state index is 0.0917. The van der Waals surface area contributed by atoms with Crippen LogP contribution in [0.2, 0.25) is 0 Å². The Hall–Kier alpha value is -3.72. The van der Waals surface area contributed by atoms with Gasteiger partial charge in [-0.05, 0) is 63.3 Å². The summed E-state index contributed by atoms with van der Waals surface area (Å²) in [6.45, 7) is 8.43. The van der Waals surface area contributed by atoms with E-state index in [1.807, 2.05) is 24.6 Å². The normalized spacial score (nSPS) is 21.6. The van der Waals surface area contributed by atoms with Crippen LogP contribution in [-0.4, -0.2) is 87.2 Å². The molecular weight excluding hydrogens is 601 g/mol. The first-order valence-corrected chi connectivity index (χ1v) is 16.9. The molecular formula is C31H36FN7O5S. The van der Waals surface area contributed by atoms with Crippen LogP contribution in [0.3, 0.4) is 0 Å². The second kappa shape index (κ2) is 11.0. The van der Waals surface area contributed by atoms with Gasteiger partial charge in [-0.1, -0.05) is 6.92 Å². The second-order valence-corrected chi connectivity index (χ2v) is 14.4. The highest BCUT2D eigenvalue weighted by molar-refractivity contribution is 7.91. The van der Waals surface area contributed by atoms with Gasteiger partial charge in [0.15, 0.2) is 12.0 Å². The molecule has 2 unspecified atom stereocenters. The number of aliphatic hydroxyl groups is 1. The summed E-state index contributed by atoms with van der Waals surface area (Å²) < 4.78 is 58.8. The molecule has 12 nitrogen and oxygen atoms in total. The Bertz CT molecular complexity index is 2070. The fourth-order valence-electron chi connectivity index (χ4n) is 6.47. The van der Waals surface area contributed by atoms with Crippen molar-refractivity contribution in [3.05, 3.63) is 41.5 Å². The predicted molar refractivity (Wildman–Crippen MR) is 167 cm³/mol. The first kappa shape index (κ1) is 30.0. The van der Waals surface area contributed by atoms with Crippen molar-refractivity contribution in [2.45, 2.75) is 63.9 Å². The molecule has 2 fully saturated rings. The lowest BCUT2D eigenvalue weighted by Gasteiger charge is -2.29. The summed E-state index contributed by atoms with van der Waals surface area (Å²) in [6, 6.07) is 3.78. The number of anilines is 1. The van der Waals surface area contributed by atoms with Crippen LogP contribution in [0.5, 0.6) is 0 Å². The Morgan fingerprint density at radius 3 is 2.73 bits per heavy atom. The molecule has 2 saturated heterocycles. The first-order chi connectivity index (χ1) is 21.5. The maximum Gasteiger partial charge on any atom is 0.249 e. The number of nitrogens with zero attached hydrogens (tertiary/aromatic N) is 7. The summed E-state index contributed by atoms with van der Waals surface area (Å²) in [6.07, 6.45) is 5.94. The minimum Gasteiger partial charge on any atom is -0.386 e. The lowest BCUT2D eigenvalue weighted by Crippen LogP contribution is -2.42. The molecule has 4 aromatic heterocycles. The molecule has 0 radical (unpaired) electrons. The van der Waals surface area contributed by atoms with Crippen LogP contribution in [0.4, 0.5) is 10.2 Å². The quantitative estimate of drug-likeness (QED) is 0.280. The number of sulfone groups is 1. The van der Waals surface area contributed by atoms with Crippen molar-refractivity contribution >= 4 is 43.0 Å². The SMILES string of the molecule is CCS(=O)(=O)c1nc(N2CCOCC(C)(O)C2)c2c(n1)c(F)c(-c1c(C)c(C)cc3c1cnn3C1CCCCO1)n1nccc21. The van der Waals surface area contributed by atoms with E-state index < -0.39 is 26.4 Å². The van der Waals surface area contributed by atoms with E-state index in [-0.39, 0.29) is 48.8 Å². The predicted octanol–water partition coefficient (Wildman–Crippen LogP) is 4.13. The van der Waals surface area contributed by atoms with Crippen LogP contribution in [0, 0.1) is 19.7 Å². The van der Waals surface area contributed by atoms with E-state index in [0.717, 1.165) is 41.3 Å². The monoisotopic (exact) mass is 637 g/mol. The molecule has 1 N–H and O–H groups in total. The third kappa shape index (κ3) is 4.94. The van der Waals surface area contributed by atoms with Crippen LogP contribution in [-0.2, 0) is 19.3 Å². The molecule has 6 heterocycles. The Balaban J connectivity index is 1.56. The number of fused-ring (bicyclic) bond motifs is 4. The van der Waals surface area contributed by atoms with Crippen LogP contribution < -0.4 is 4.90 Å². The Morgan fingerprint density at radius 1 is 1.16 bits per heavy atom. The standard InChI is InChI=1S/C31H36FN7O5S/c1-5-45(41,42)30-35-27-25(29(36-30)37-11-13-43-17-31(4,40)16-37)21-9-10-33-39(21)28(26(27)32)24-19(3)18(2)14-22-20(24)15-34-38(22)23-8-6-7-12-44-23/h9-10,14-15,23,40H,5-8,11-13,16-17H2,1-4H3. The maximum atomic E-state index is 17.3. The molecule has 1 aromatic carbocycles. The fraction of sp³-hybridized carbons (Fsp3) is 0.484. The summed E-state index contributed by atoms with van der Waals surface area (Å²) in [5.74, 6) is -0.795. The summed E-state index contributed by atoms with van der Waals surface area (Å²) in [7, 11) is -3.94. The number of benzene rings is 1. The number of hydrogen-bond donors (Lipinski definition) is 1. The molecule has 7 rings (SSSR count). The van der Waals surface area contributed by atoms with Gasteiger partial charge in [-0.3, -0.25) is 0 Å². The highest BCUT2D eigenvalue weighted by Crippen LogP contribution is 2.41. The van der Waals surface area contributed by atoms with E-state index in [9.17, 15) is 13.5 Å². The molecule has 45 heavy (non-hydrogen) atoms. The molecule has 0 aliphatic carbocycles. The number of rotatable bonds is 5. The zero-order valence-corrected chi connectivity index (χ0v) is 26.6. The highest BCUT2D eigenvalue weighted by Gasteiger charge is 2.33. The molecule has 0 amide bonds. The molecule has 0 bridgehead atoms. The number of halogens is 1. The van der Waals surface area contributed by atoms with Crippen LogP contribution in [0.15, 0.2) is 29.7 Å². The van der Waals surface area contributed by atoms with Crippen LogP contribution >= 0.6 is 0 Å². The van der Waals surface area contributed by atoms with Crippen molar-refractivity contribution in [2.24, 2.45) is 0 Å². The van der Waals surface area contributed by atoms with Crippen molar-refractivity contribution in [1.82, 2.24) is 29.4 Å². The fourth-order valence-corrected chi connectivity index (χ4v) is 7.18. The summed E-state index contributed by atoms with van der Waals surface area (Å²) in [5.41, 5.74) is 2.41. The van der Waals surface area contributed by atoms with Gasteiger partial charge in [0.25, 0.3) is 0 Å². The number of β-amino-alcohol motifs (C(OH)–C–C–N with tert-alkyl or cyclic N) is 1. The number of aromatic nitrogens is 6. The highest BCUT2D eigenvalue weighted by atomic mass is 32.2. The van der Waals surface area contributed by atoms with Crippen molar-refractivity contribution in [2.75, 3.05) is 43.6 Å². The van der Waals surface area contributed by atoms with Gasteiger partial charge >= 0.3 is 0 Å². The van der Waals surface area contributed by atoms with Gasteiger partial charge in [0.2, 0.25) is 15.0 Å². The molecule has 2 atom stereocenters. The Kier molecular flexibility index (Phi) is 7.30. The van der Waals surface area contributed by atoms with E-state index in [4.69, 9.17) is 14.6 Å². The minimum atomic E-state index is -3.94. The largest absolute Gasteiger partial charge is 0.386 e. The molecule has 14 heteroatoms. The van der Waals surface area contributed by atoms with Gasteiger partial charge in [0.05, 0.1) is 54.3 Å². The first-order valence-electron chi connectivity index (χ1n) is 15.2. The third-order valence-corrected chi connectivity index (χ3v) is 10.4. The van der Waals surface area contributed by atoms with Gasteiger partial charge in [-0.25, -0.2) is 32.0 Å². The zero-order chi connectivity index (χ0) is 31.7. The van der Waals surface area contributed by atoms with Crippen LogP contribution in [0.1, 0.15) is 50.5 Å². The van der Waals surface area contributed by atoms with Crippen LogP contribution in [0.25, 0.3) is 38.6 Å². The van der Waals surface area contributed by atoms with Crippen molar-refractivity contribution in [1.29, 1.82) is 0 Å². The van der Waals surface area contributed by atoms with E-state index in [2.05, 4.69) is 15.1 Å². The molecule has 5 aromatic rings. The Morgan fingerprint density at radius 2 is 1.98 bits per heavy atom. The molecule has 2 aliphatic rings. The summed E-state index contributed by atoms with van der Waals surface area (Å²) in [4.78, 5) is 10.6. The maximum absolute atomic E-state index is 17.3. The second-order valence-electron chi connectivity index (χ2n) is 12.3. The number of aryl methyl sites for hydroxylation is 1. The van der Waals surface area contributed by atoms with E-state index in [0.29, 0.717) is 29.6 Å². The smallest absolute Gasteiger partial charge is 0.249 e. The average molecular weight is 638 g/mol. The van der Waals surface area contributed by atoms with Crippen molar-refractivity contribution < 1.29 is 27.4 Å². The lowest BCUT2D eigenvalue weighted by atomic mass is 9.95. The number of ether oxygens (including phenoxy) is 2. The van der Waals surface area contributed by atoms with E-state index in [1.54, 1.807) is 30.3 Å². The van der Waals surface area contributed by atoms with Gasteiger partial charge in [-0.2, -0.15) is 10.2 Å². The third-order valence-electron chi connectivity index (χ3n) is 8.89. The van der Waals surface area contributed by atoms with E-state index in [1.165, 1.54) is 11.4 Å². The number of pyridine rings is 1.